The van der Waals surface area contributed by atoms with Gasteiger partial charge < -0.3 is 20.9 Å². The van der Waals surface area contributed by atoms with Crippen LogP contribution in [-0.4, -0.2) is 48.6 Å². The molecule has 0 bridgehead atoms. The molecule has 0 radical (unpaired) electrons. The smallest absolute Gasteiger partial charge is 0.318 e. The van der Waals surface area contributed by atoms with Gasteiger partial charge in [-0.2, -0.15) is 0 Å². The molecule has 2 saturated heterocycles. The Bertz CT molecular complexity index is 549. The number of likely N-dealkylation sites (tertiary alicyclic amines) is 1. The normalized spacial score (nSPS) is 24.7. The molecule has 0 aliphatic carbocycles. The molecule has 6 nitrogen and oxygen atoms in total. The number of amides is 3. The largest absolute Gasteiger partial charge is 0.380 e. The second-order valence-electron chi connectivity index (χ2n) is 6.23. The monoisotopic (exact) mass is 316 g/mol. The molecule has 23 heavy (non-hydrogen) atoms. The Labute approximate surface area is 136 Å². The van der Waals surface area contributed by atoms with Gasteiger partial charge in [0, 0.05) is 31.4 Å². The summed E-state index contributed by atoms with van der Waals surface area (Å²) in [6, 6.07) is 9.75. The van der Waals surface area contributed by atoms with Crippen molar-refractivity contribution in [2.24, 2.45) is 0 Å². The fraction of sp³-hybridized carbons (Fsp3) is 0.529. The van der Waals surface area contributed by atoms with Crippen molar-refractivity contribution in [1.29, 1.82) is 0 Å². The maximum absolute atomic E-state index is 12.4. The van der Waals surface area contributed by atoms with Gasteiger partial charge in [-0.05, 0) is 37.8 Å². The van der Waals surface area contributed by atoms with Crippen molar-refractivity contribution in [1.82, 2.24) is 15.5 Å². The number of carbonyl (C=O) groups is 2. The zero-order chi connectivity index (χ0) is 16.1. The summed E-state index contributed by atoms with van der Waals surface area (Å²) in [6.45, 7) is 2.08. The Morgan fingerprint density at radius 1 is 1.17 bits per heavy atom. The van der Waals surface area contributed by atoms with Gasteiger partial charge in [0.05, 0.1) is 0 Å². The maximum Gasteiger partial charge on any atom is 0.318 e. The summed E-state index contributed by atoms with van der Waals surface area (Å²) in [4.78, 5) is 26.1. The molecule has 0 aromatic heterocycles. The Morgan fingerprint density at radius 3 is 2.83 bits per heavy atom. The molecule has 3 amide bonds. The fourth-order valence-electron chi connectivity index (χ4n) is 3.15. The number of nitrogens with one attached hydrogen (secondary N) is 3. The van der Waals surface area contributed by atoms with Gasteiger partial charge in [0.25, 0.3) is 0 Å². The van der Waals surface area contributed by atoms with Gasteiger partial charge in [-0.1, -0.05) is 18.2 Å². The molecule has 2 heterocycles. The second kappa shape index (κ2) is 7.35. The van der Waals surface area contributed by atoms with Gasteiger partial charge in [-0.3, -0.25) is 4.79 Å². The number of carbonyl (C=O) groups excluding carboxylic acids is 2. The highest BCUT2D eigenvalue weighted by Crippen LogP contribution is 2.16. The highest BCUT2D eigenvalue weighted by atomic mass is 16.2. The van der Waals surface area contributed by atoms with Gasteiger partial charge in [0.1, 0.15) is 6.04 Å². The van der Waals surface area contributed by atoms with Crippen LogP contribution in [0.25, 0.3) is 0 Å². The van der Waals surface area contributed by atoms with E-state index in [0.717, 1.165) is 31.4 Å². The van der Waals surface area contributed by atoms with Crippen LogP contribution in [0.3, 0.4) is 0 Å². The lowest BCUT2D eigenvalue weighted by Gasteiger charge is -2.22. The number of anilines is 1. The Balaban J connectivity index is 1.50. The molecule has 2 atom stereocenters. The summed E-state index contributed by atoms with van der Waals surface area (Å²) in [5.74, 6) is -0.0611. The van der Waals surface area contributed by atoms with Crippen LogP contribution in [-0.2, 0) is 4.79 Å². The van der Waals surface area contributed by atoms with Gasteiger partial charge in [0.15, 0.2) is 0 Å². The van der Waals surface area contributed by atoms with Gasteiger partial charge >= 0.3 is 6.03 Å². The quantitative estimate of drug-likeness (QED) is 0.792. The van der Waals surface area contributed by atoms with Crippen molar-refractivity contribution in [3.05, 3.63) is 30.3 Å². The molecule has 2 unspecified atom stereocenters. The van der Waals surface area contributed by atoms with Gasteiger partial charge in [-0.25, -0.2) is 4.79 Å². The zero-order valence-electron chi connectivity index (χ0n) is 13.3. The van der Waals surface area contributed by atoms with Crippen LogP contribution >= 0.6 is 0 Å². The topological polar surface area (TPSA) is 73.5 Å². The van der Waals surface area contributed by atoms with Crippen molar-refractivity contribution in [2.75, 3.05) is 25.0 Å². The summed E-state index contributed by atoms with van der Waals surface area (Å²) in [5.41, 5.74) is 1.07. The third kappa shape index (κ3) is 4.15. The molecule has 3 rings (SSSR count). The SMILES string of the molecule is O=C1NCCCCC1NC(=O)N1CCC(Nc2ccccc2)C1. The molecular formula is C17H24N4O2. The molecule has 2 fully saturated rings. The number of benzene rings is 1. The predicted octanol–water partition coefficient (Wildman–Crippen LogP) is 1.55. The second-order valence-corrected chi connectivity index (χ2v) is 6.23. The predicted molar refractivity (Wildman–Crippen MR) is 89.2 cm³/mol. The van der Waals surface area contributed by atoms with Crippen LogP contribution in [0.2, 0.25) is 0 Å². The van der Waals surface area contributed by atoms with Crippen LogP contribution in [0.1, 0.15) is 25.7 Å². The number of hydrogen-bond acceptors (Lipinski definition) is 3. The first-order valence-electron chi connectivity index (χ1n) is 8.37. The van der Waals surface area contributed by atoms with Crippen LogP contribution in [0.4, 0.5) is 10.5 Å². The van der Waals surface area contributed by atoms with Gasteiger partial charge in [-0.15, -0.1) is 0 Å². The minimum Gasteiger partial charge on any atom is -0.380 e. The average molecular weight is 316 g/mol. The number of rotatable bonds is 3. The van der Waals surface area contributed by atoms with E-state index in [1.165, 1.54) is 0 Å². The van der Waals surface area contributed by atoms with E-state index in [4.69, 9.17) is 0 Å². The van der Waals surface area contributed by atoms with E-state index in [1.54, 1.807) is 4.90 Å². The van der Waals surface area contributed by atoms with Crippen LogP contribution in [0.15, 0.2) is 30.3 Å². The van der Waals surface area contributed by atoms with Crippen molar-refractivity contribution in [2.45, 2.75) is 37.8 Å². The molecule has 1 aromatic carbocycles. The molecule has 0 spiro atoms. The highest BCUT2D eigenvalue weighted by Gasteiger charge is 2.29. The summed E-state index contributed by atoms with van der Waals surface area (Å²) in [6.07, 6.45) is 3.57. The lowest BCUT2D eigenvalue weighted by atomic mass is 10.1. The van der Waals surface area contributed by atoms with E-state index in [-0.39, 0.29) is 18.0 Å². The summed E-state index contributed by atoms with van der Waals surface area (Å²) in [5, 5.41) is 9.18. The highest BCUT2D eigenvalue weighted by molar-refractivity contribution is 5.87. The Hall–Kier alpha value is -2.24. The Morgan fingerprint density at radius 2 is 2.00 bits per heavy atom. The fourth-order valence-corrected chi connectivity index (χ4v) is 3.15. The summed E-state index contributed by atoms with van der Waals surface area (Å²) < 4.78 is 0. The molecule has 1 aromatic rings. The first-order chi connectivity index (χ1) is 11.2. The summed E-state index contributed by atoms with van der Waals surface area (Å²) in [7, 11) is 0. The first kappa shape index (κ1) is 15.6. The standard InChI is InChI=1S/C17H24N4O2/c22-16-15(8-4-5-10-18-16)20-17(23)21-11-9-14(12-21)19-13-6-2-1-3-7-13/h1-3,6-7,14-15,19H,4-5,8-12H2,(H,18,22)(H,20,23). The summed E-state index contributed by atoms with van der Waals surface area (Å²) >= 11 is 0. The van der Waals surface area contributed by atoms with E-state index in [1.807, 2.05) is 30.3 Å². The lowest BCUT2D eigenvalue weighted by Crippen LogP contribution is -2.50. The van der Waals surface area contributed by atoms with Crippen molar-refractivity contribution < 1.29 is 9.59 Å². The first-order valence-corrected chi connectivity index (χ1v) is 8.37. The van der Waals surface area contributed by atoms with Gasteiger partial charge in [0.2, 0.25) is 5.91 Å². The van der Waals surface area contributed by atoms with E-state index < -0.39 is 6.04 Å². The molecule has 6 heteroatoms. The maximum atomic E-state index is 12.4. The molecule has 2 aliphatic heterocycles. The number of hydrogen-bond donors (Lipinski definition) is 3. The van der Waals surface area contributed by atoms with E-state index in [0.29, 0.717) is 19.6 Å². The minimum absolute atomic E-state index is 0.0611. The van der Waals surface area contributed by atoms with Crippen LogP contribution < -0.4 is 16.0 Å². The number of nitrogens with zero attached hydrogens (tertiary/aromatic N) is 1. The van der Waals surface area contributed by atoms with E-state index in [2.05, 4.69) is 16.0 Å². The lowest BCUT2D eigenvalue weighted by molar-refractivity contribution is -0.122. The van der Waals surface area contributed by atoms with Crippen molar-refractivity contribution in [3.63, 3.8) is 0 Å². The average Bonchev–Trinajstić information content (AvgIpc) is 2.93. The molecule has 124 valence electrons. The minimum atomic E-state index is -0.397. The van der Waals surface area contributed by atoms with Crippen molar-refractivity contribution >= 4 is 17.6 Å². The zero-order valence-corrected chi connectivity index (χ0v) is 13.3. The molecule has 0 saturated carbocycles. The number of para-hydroxylation sites is 1. The van der Waals surface area contributed by atoms with Crippen LogP contribution in [0, 0.1) is 0 Å². The Kier molecular flexibility index (Phi) is 5.00. The molecular weight excluding hydrogens is 292 g/mol. The number of urea groups is 1. The molecule has 3 N–H and O–H groups in total. The van der Waals surface area contributed by atoms with Crippen LogP contribution in [0.5, 0.6) is 0 Å². The third-order valence-corrected chi connectivity index (χ3v) is 4.45. The molecule has 2 aliphatic rings. The van der Waals surface area contributed by atoms with Crippen molar-refractivity contribution in [3.8, 4) is 0 Å². The third-order valence-electron chi connectivity index (χ3n) is 4.45. The van der Waals surface area contributed by atoms with E-state index >= 15 is 0 Å². The van der Waals surface area contributed by atoms with E-state index in [9.17, 15) is 9.59 Å².